The van der Waals surface area contributed by atoms with Gasteiger partial charge in [0, 0.05) is 28.8 Å². The number of ether oxygens (including phenoxy) is 1. The summed E-state index contributed by atoms with van der Waals surface area (Å²) in [7, 11) is 0. The van der Waals surface area contributed by atoms with Crippen LogP contribution in [0.2, 0.25) is 0 Å². The Kier molecular flexibility index (Phi) is 8.47. The highest BCUT2D eigenvalue weighted by molar-refractivity contribution is 6.32. The first kappa shape index (κ1) is 28.3. The number of aliphatic carboxylic acids is 1. The molecule has 1 aliphatic carbocycles. The Bertz CT molecular complexity index is 1470. The van der Waals surface area contributed by atoms with E-state index >= 15 is 0 Å². The van der Waals surface area contributed by atoms with E-state index in [4.69, 9.17) is 5.11 Å². The van der Waals surface area contributed by atoms with Crippen LogP contribution in [0.25, 0.3) is 5.57 Å². The number of aryl methyl sites for hydroxylation is 2. The van der Waals surface area contributed by atoms with E-state index in [0.29, 0.717) is 5.56 Å². The van der Waals surface area contributed by atoms with Gasteiger partial charge in [0.2, 0.25) is 0 Å². The summed E-state index contributed by atoms with van der Waals surface area (Å²) in [5.74, 6) is -3.09. The summed E-state index contributed by atoms with van der Waals surface area (Å²) in [6.07, 6.45) is -1.20. The van der Waals surface area contributed by atoms with Crippen LogP contribution < -0.4 is 10.1 Å². The first-order valence-corrected chi connectivity index (χ1v) is 12.4. The van der Waals surface area contributed by atoms with Crippen molar-refractivity contribution in [1.82, 2.24) is 5.32 Å². The summed E-state index contributed by atoms with van der Waals surface area (Å²) < 4.78 is 41.3. The number of carboxylic acids is 1. The van der Waals surface area contributed by atoms with Crippen molar-refractivity contribution in [3.05, 3.63) is 106 Å². The number of carboxylic acid groups (broad SMARTS) is 1. The summed E-state index contributed by atoms with van der Waals surface area (Å²) in [6, 6.07) is 15.7. The molecule has 1 aliphatic rings. The normalized spacial score (nSPS) is 12.9. The molecule has 0 aliphatic heterocycles. The van der Waals surface area contributed by atoms with Crippen molar-refractivity contribution in [1.29, 1.82) is 0 Å². The maximum absolute atomic E-state index is 13.6. The molecule has 0 saturated carbocycles. The van der Waals surface area contributed by atoms with Crippen LogP contribution in [0.15, 0.2) is 72.8 Å². The second-order valence-electron chi connectivity index (χ2n) is 9.14. The van der Waals surface area contributed by atoms with E-state index in [1.165, 1.54) is 42.0 Å². The first-order chi connectivity index (χ1) is 19.0. The predicted octanol–water partition coefficient (Wildman–Crippen LogP) is 5.43. The van der Waals surface area contributed by atoms with E-state index < -0.39 is 35.6 Å². The van der Waals surface area contributed by atoms with E-state index in [1.54, 1.807) is 6.07 Å². The van der Waals surface area contributed by atoms with Crippen LogP contribution in [0.1, 0.15) is 60.6 Å². The van der Waals surface area contributed by atoms with Crippen molar-refractivity contribution in [2.24, 2.45) is 0 Å². The zero-order valence-electron chi connectivity index (χ0n) is 21.1. The maximum Gasteiger partial charge on any atom is 0.573 e. The molecule has 4 rings (SSSR count). The van der Waals surface area contributed by atoms with Crippen LogP contribution in [0.5, 0.6) is 5.75 Å². The van der Waals surface area contributed by atoms with Gasteiger partial charge in [-0.15, -0.1) is 13.2 Å². The molecule has 0 spiro atoms. The Morgan fingerprint density at radius 3 is 2.08 bits per heavy atom. The van der Waals surface area contributed by atoms with Crippen LogP contribution in [-0.4, -0.2) is 41.5 Å². The third-order valence-corrected chi connectivity index (χ3v) is 6.34. The Morgan fingerprint density at radius 2 is 1.43 bits per heavy atom. The summed E-state index contributed by atoms with van der Waals surface area (Å²) in [5, 5.41) is 11.2. The summed E-state index contributed by atoms with van der Waals surface area (Å²) in [5.41, 5.74) is 3.35. The number of hydrogen-bond acceptors (Lipinski definition) is 5. The largest absolute Gasteiger partial charge is 0.573 e. The lowest BCUT2D eigenvalue weighted by molar-refractivity contribution is -0.274. The average Bonchev–Trinajstić information content (AvgIpc) is 3.38. The third kappa shape index (κ3) is 7.22. The average molecular weight is 552 g/mol. The van der Waals surface area contributed by atoms with Crippen molar-refractivity contribution in [2.45, 2.75) is 32.0 Å². The van der Waals surface area contributed by atoms with Gasteiger partial charge in [-0.05, 0) is 78.4 Å². The highest BCUT2D eigenvalue weighted by atomic mass is 19.4. The molecule has 3 aromatic rings. The Morgan fingerprint density at radius 1 is 0.825 bits per heavy atom. The van der Waals surface area contributed by atoms with Gasteiger partial charge in [0.25, 0.3) is 5.91 Å². The minimum absolute atomic E-state index is 0.0501. The molecule has 2 N–H and O–H groups in total. The lowest BCUT2D eigenvalue weighted by Gasteiger charge is -2.11. The second-order valence-corrected chi connectivity index (χ2v) is 9.14. The number of rotatable bonds is 10. The molecule has 0 saturated heterocycles. The molecule has 0 radical (unpaired) electrons. The Hall–Kier alpha value is -4.73. The number of benzene rings is 3. The fourth-order valence-electron chi connectivity index (χ4n) is 4.37. The van der Waals surface area contributed by atoms with E-state index in [2.05, 4.69) is 10.1 Å². The van der Waals surface area contributed by atoms with Crippen LogP contribution >= 0.6 is 0 Å². The molecule has 7 nitrogen and oxygen atoms in total. The number of halogens is 3. The number of carbonyl (C=O) groups excluding carboxylic acids is 3. The smallest absolute Gasteiger partial charge is 0.481 e. The van der Waals surface area contributed by atoms with Crippen molar-refractivity contribution in [3.8, 4) is 5.75 Å². The van der Waals surface area contributed by atoms with E-state index in [-0.39, 0.29) is 35.2 Å². The van der Waals surface area contributed by atoms with E-state index in [0.717, 1.165) is 43.0 Å². The molecular formula is C30H24F3NO6. The Balaban J connectivity index is 1.62. The number of amides is 1. The quantitative estimate of drug-likeness (QED) is 0.257. The summed E-state index contributed by atoms with van der Waals surface area (Å²) in [4.78, 5) is 49.6. The lowest BCUT2D eigenvalue weighted by atomic mass is 9.92. The number of hydrogen-bond donors (Lipinski definition) is 2. The predicted molar refractivity (Wildman–Crippen MR) is 139 cm³/mol. The topological polar surface area (TPSA) is 110 Å². The number of nitrogens with one attached hydrogen (secondary N) is 1. The number of fused-ring (bicyclic) bond motifs is 1. The molecule has 206 valence electrons. The molecule has 0 heterocycles. The van der Waals surface area contributed by atoms with Gasteiger partial charge in [0.15, 0.2) is 11.6 Å². The standard InChI is InChI=1S/C30H24F3NO6/c31-30(32,33)40-24-12-10-19(11-13-24)26(35)17-25(23-9-4-18-2-1-3-22(18)16-23)28(38)20-5-7-21(8-6-20)29(39)34-15-14-27(36)37/h4-13,16-17H,1-3,14-15H2,(H,34,39)(H,36,37)/b25-17-. The molecule has 0 atom stereocenters. The third-order valence-electron chi connectivity index (χ3n) is 6.34. The van der Waals surface area contributed by atoms with Crippen molar-refractivity contribution in [2.75, 3.05) is 6.54 Å². The molecule has 1 amide bonds. The van der Waals surface area contributed by atoms with Crippen molar-refractivity contribution >= 4 is 29.0 Å². The number of allylic oxidation sites excluding steroid dienone is 2. The van der Waals surface area contributed by atoms with Crippen molar-refractivity contribution in [3.63, 3.8) is 0 Å². The van der Waals surface area contributed by atoms with Gasteiger partial charge >= 0.3 is 12.3 Å². The molecule has 40 heavy (non-hydrogen) atoms. The number of carbonyl (C=O) groups is 4. The van der Waals surface area contributed by atoms with Crippen LogP contribution in [0.3, 0.4) is 0 Å². The highest BCUT2D eigenvalue weighted by Crippen LogP contribution is 2.29. The zero-order chi connectivity index (χ0) is 28.9. The molecule has 3 aromatic carbocycles. The summed E-state index contributed by atoms with van der Waals surface area (Å²) >= 11 is 0. The van der Waals surface area contributed by atoms with Gasteiger partial charge in [-0.25, -0.2) is 0 Å². The molecule has 0 fully saturated rings. The van der Waals surface area contributed by atoms with Crippen LogP contribution in [0.4, 0.5) is 13.2 Å². The van der Waals surface area contributed by atoms with Gasteiger partial charge in [-0.3, -0.25) is 19.2 Å². The maximum atomic E-state index is 13.6. The van der Waals surface area contributed by atoms with Gasteiger partial charge in [0.05, 0.1) is 6.42 Å². The van der Waals surface area contributed by atoms with Crippen molar-refractivity contribution < 1.29 is 42.2 Å². The molecule has 10 heteroatoms. The van der Waals surface area contributed by atoms with Gasteiger partial charge < -0.3 is 15.2 Å². The second kappa shape index (κ2) is 12.0. The van der Waals surface area contributed by atoms with Crippen LogP contribution in [0, 0.1) is 0 Å². The highest BCUT2D eigenvalue weighted by Gasteiger charge is 2.31. The monoisotopic (exact) mass is 551 g/mol. The minimum atomic E-state index is -4.87. The van der Waals surface area contributed by atoms with Gasteiger partial charge in [-0.2, -0.15) is 0 Å². The number of alkyl halides is 3. The van der Waals surface area contributed by atoms with Gasteiger partial charge in [-0.1, -0.05) is 30.3 Å². The minimum Gasteiger partial charge on any atom is -0.481 e. The molecule has 0 unspecified atom stereocenters. The summed E-state index contributed by atoms with van der Waals surface area (Å²) in [6.45, 7) is -0.0501. The first-order valence-electron chi connectivity index (χ1n) is 12.4. The Labute approximate surface area is 227 Å². The SMILES string of the molecule is O=C(O)CCNC(=O)c1ccc(C(=O)/C(=C\C(=O)c2ccc(OC(F)(F)F)cc2)c2ccc3c(c2)CCC3)cc1. The van der Waals surface area contributed by atoms with E-state index in [1.807, 2.05) is 12.1 Å². The number of ketones is 2. The zero-order valence-corrected chi connectivity index (χ0v) is 21.1. The molecule has 0 aromatic heterocycles. The molecular weight excluding hydrogens is 527 g/mol. The fourth-order valence-corrected chi connectivity index (χ4v) is 4.37. The van der Waals surface area contributed by atoms with Gasteiger partial charge in [0.1, 0.15) is 5.75 Å². The van der Waals surface area contributed by atoms with Crippen LogP contribution in [-0.2, 0) is 17.6 Å². The fraction of sp³-hybridized carbons (Fsp3) is 0.200. The van der Waals surface area contributed by atoms with E-state index in [9.17, 15) is 32.3 Å². The number of Topliss-reactive ketones (excluding diaryl/α,β-unsaturated/α-hetero) is 1. The lowest BCUT2D eigenvalue weighted by Crippen LogP contribution is -2.26. The molecule has 0 bridgehead atoms.